The minimum Gasteiger partial charge on any atom is -0.452 e. The molecule has 27 heavy (non-hydrogen) atoms. The fraction of sp³-hybridized carbons (Fsp3) is 0.273. The Hall–Kier alpha value is -3.08. The molecule has 5 heteroatoms. The molecule has 0 fully saturated rings. The summed E-state index contributed by atoms with van der Waals surface area (Å²) in [5.74, 6) is -0.631. The SMILES string of the molecule is Cc1[nH]c2ccc(C(=O)OCC(=O)N3CCc4ccccc4C3)cc2c1C. The van der Waals surface area contributed by atoms with Gasteiger partial charge in [0.1, 0.15) is 0 Å². The number of nitrogens with zero attached hydrogens (tertiary/aromatic N) is 1. The molecule has 0 bridgehead atoms. The van der Waals surface area contributed by atoms with Crippen molar-refractivity contribution in [3.63, 3.8) is 0 Å². The van der Waals surface area contributed by atoms with Gasteiger partial charge in [0.15, 0.2) is 6.61 Å². The van der Waals surface area contributed by atoms with Crippen LogP contribution in [0.2, 0.25) is 0 Å². The van der Waals surface area contributed by atoms with E-state index in [-0.39, 0.29) is 12.5 Å². The Labute approximate surface area is 157 Å². The lowest BCUT2D eigenvalue weighted by atomic mass is 10.00. The van der Waals surface area contributed by atoms with E-state index in [1.54, 1.807) is 11.0 Å². The van der Waals surface area contributed by atoms with E-state index >= 15 is 0 Å². The average Bonchev–Trinajstić information content (AvgIpc) is 2.98. The van der Waals surface area contributed by atoms with E-state index in [0.29, 0.717) is 18.7 Å². The lowest BCUT2D eigenvalue weighted by Gasteiger charge is -2.28. The molecule has 1 aliphatic heterocycles. The van der Waals surface area contributed by atoms with E-state index in [0.717, 1.165) is 34.1 Å². The quantitative estimate of drug-likeness (QED) is 0.725. The van der Waals surface area contributed by atoms with Gasteiger partial charge < -0.3 is 14.6 Å². The zero-order valence-corrected chi connectivity index (χ0v) is 15.5. The zero-order valence-electron chi connectivity index (χ0n) is 15.5. The van der Waals surface area contributed by atoms with Crippen LogP contribution >= 0.6 is 0 Å². The summed E-state index contributed by atoms with van der Waals surface area (Å²) in [7, 11) is 0. The fourth-order valence-electron chi connectivity index (χ4n) is 3.60. The van der Waals surface area contributed by atoms with E-state index < -0.39 is 5.97 Å². The molecular formula is C22H22N2O3. The highest BCUT2D eigenvalue weighted by Gasteiger charge is 2.21. The molecule has 0 aliphatic carbocycles. The Morgan fingerprint density at radius 3 is 2.70 bits per heavy atom. The molecule has 4 rings (SSSR count). The number of hydrogen-bond donors (Lipinski definition) is 1. The van der Waals surface area contributed by atoms with Crippen molar-refractivity contribution in [3.05, 3.63) is 70.4 Å². The lowest BCUT2D eigenvalue weighted by Crippen LogP contribution is -2.38. The van der Waals surface area contributed by atoms with Crippen molar-refractivity contribution in [1.29, 1.82) is 0 Å². The molecule has 0 atom stereocenters. The van der Waals surface area contributed by atoms with Crippen LogP contribution in [0.4, 0.5) is 0 Å². The molecule has 0 spiro atoms. The summed E-state index contributed by atoms with van der Waals surface area (Å²) in [6.07, 6.45) is 0.832. The second-order valence-corrected chi connectivity index (χ2v) is 7.05. The normalized spacial score (nSPS) is 13.5. The van der Waals surface area contributed by atoms with Gasteiger partial charge in [-0.2, -0.15) is 0 Å². The Bertz CT molecular complexity index is 1040. The van der Waals surface area contributed by atoms with Crippen molar-refractivity contribution in [1.82, 2.24) is 9.88 Å². The van der Waals surface area contributed by atoms with Crippen molar-refractivity contribution in [2.75, 3.05) is 13.2 Å². The number of aromatic amines is 1. The van der Waals surface area contributed by atoms with Crippen LogP contribution in [0, 0.1) is 13.8 Å². The molecule has 1 aromatic heterocycles. The van der Waals surface area contributed by atoms with Crippen molar-refractivity contribution >= 4 is 22.8 Å². The summed E-state index contributed by atoms with van der Waals surface area (Å²) in [5, 5.41) is 1.00. The van der Waals surface area contributed by atoms with Crippen LogP contribution in [0.15, 0.2) is 42.5 Å². The predicted molar refractivity (Wildman–Crippen MR) is 104 cm³/mol. The molecule has 0 saturated carbocycles. The van der Waals surface area contributed by atoms with Crippen molar-refractivity contribution in [2.45, 2.75) is 26.8 Å². The highest BCUT2D eigenvalue weighted by atomic mass is 16.5. The largest absolute Gasteiger partial charge is 0.452 e. The van der Waals surface area contributed by atoms with Gasteiger partial charge in [0.2, 0.25) is 0 Å². The second-order valence-electron chi connectivity index (χ2n) is 7.05. The molecule has 2 aromatic carbocycles. The Kier molecular flexibility index (Phi) is 4.44. The minimum absolute atomic E-state index is 0.160. The molecule has 2 heterocycles. The fourth-order valence-corrected chi connectivity index (χ4v) is 3.60. The summed E-state index contributed by atoms with van der Waals surface area (Å²) in [4.78, 5) is 29.9. The van der Waals surface area contributed by atoms with Crippen LogP contribution in [0.25, 0.3) is 10.9 Å². The van der Waals surface area contributed by atoms with Crippen LogP contribution in [-0.4, -0.2) is 34.9 Å². The third-order valence-electron chi connectivity index (χ3n) is 5.35. The summed E-state index contributed by atoms with van der Waals surface area (Å²) in [6, 6.07) is 13.5. The molecule has 1 aliphatic rings. The van der Waals surface area contributed by atoms with Crippen LogP contribution in [0.5, 0.6) is 0 Å². The maximum absolute atomic E-state index is 12.5. The monoisotopic (exact) mass is 362 g/mol. The Morgan fingerprint density at radius 1 is 1.11 bits per heavy atom. The van der Waals surface area contributed by atoms with Crippen molar-refractivity contribution in [3.8, 4) is 0 Å². The van der Waals surface area contributed by atoms with Crippen molar-refractivity contribution in [2.24, 2.45) is 0 Å². The topological polar surface area (TPSA) is 62.4 Å². The number of carbonyl (C=O) groups excluding carboxylic acids is 2. The molecule has 0 radical (unpaired) electrons. The van der Waals surface area contributed by atoms with Gasteiger partial charge in [-0.15, -0.1) is 0 Å². The number of fused-ring (bicyclic) bond motifs is 2. The van der Waals surface area contributed by atoms with E-state index in [4.69, 9.17) is 4.74 Å². The molecule has 0 unspecified atom stereocenters. The van der Waals surface area contributed by atoms with Gasteiger partial charge >= 0.3 is 5.97 Å². The molecule has 1 amide bonds. The number of nitrogens with one attached hydrogen (secondary N) is 1. The van der Waals surface area contributed by atoms with Gasteiger partial charge in [-0.25, -0.2) is 4.79 Å². The number of esters is 1. The van der Waals surface area contributed by atoms with Crippen LogP contribution in [-0.2, 0) is 22.5 Å². The number of H-pyrrole nitrogens is 1. The molecule has 138 valence electrons. The van der Waals surface area contributed by atoms with Gasteiger partial charge in [0.25, 0.3) is 5.91 Å². The number of carbonyl (C=O) groups is 2. The van der Waals surface area contributed by atoms with Gasteiger partial charge in [-0.1, -0.05) is 24.3 Å². The summed E-state index contributed by atoms with van der Waals surface area (Å²) < 4.78 is 5.29. The van der Waals surface area contributed by atoms with E-state index in [9.17, 15) is 9.59 Å². The average molecular weight is 362 g/mol. The second kappa shape index (κ2) is 6.91. The third kappa shape index (κ3) is 3.33. The number of ether oxygens (including phenoxy) is 1. The molecule has 3 aromatic rings. The van der Waals surface area contributed by atoms with Gasteiger partial charge in [0.05, 0.1) is 5.56 Å². The van der Waals surface area contributed by atoms with Gasteiger partial charge in [-0.3, -0.25) is 4.79 Å². The summed E-state index contributed by atoms with van der Waals surface area (Å²) in [6.45, 7) is 5.01. The number of rotatable bonds is 3. The van der Waals surface area contributed by atoms with Crippen LogP contribution in [0.3, 0.4) is 0 Å². The standard InChI is InChI=1S/C22H22N2O3/c1-14-15(2)23-20-8-7-17(11-19(14)20)22(26)27-13-21(25)24-10-9-16-5-3-4-6-18(16)12-24/h3-8,11,23H,9-10,12-13H2,1-2H3. The Balaban J connectivity index is 1.40. The smallest absolute Gasteiger partial charge is 0.338 e. The van der Waals surface area contributed by atoms with E-state index in [1.165, 1.54) is 5.56 Å². The maximum atomic E-state index is 12.5. The third-order valence-corrected chi connectivity index (χ3v) is 5.35. The minimum atomic E-state index is -0.471. The van der Waals surface area contributed by atoms with Crippen LogP contribution < -0.4 is 0 Å². The maximum Gasteiger partial charge on any atom is 0.338 e. The van der Waals surface area contributed by atoms with Crippen molar-refractivity contribution < 1.29 is 14.3 Å². The first kappa shape index (κ1) is 17.3. The lowest BCUT2D eigenvalue weighted by molar-refractivity contribution is -0.135. The van der Waals surface area contributed by atoms with Crippen LogP contribution in [0.1, 0.15) is 32.7 Å². The summed E-state index contributed by atoms with van der Waals surface area (Å²) in [5.41, 5.74) is 6.08. The van der Waals surface area contributed by atoms with E-state index in [1.807, 2.05) is 44.2 Å². The number of benzene rings is 2. The molecule has 0 saturated heterocycles. The number of aryl methyl sites for hydroxylation is 2. The highest BCUT2D eigenvalue weighted by molar-refractivity contribution is 5.96. The predicted octanol–water partition coefficient (Wildman–Crippen LogP) is 3.53. The number of amides is 1. The Morgan fingerprint density at radius 2 is 1.89 bits per heavy atom. The van der Waals surface area contributed by atoms with Gasteiger partial charge in [0, 0.05) is 29.7 Å². The molecule has 5 nitrogen and oxygen atoms in total. The molecule has 1 N–H and O–H groups in total. The number of hydrogen-bond acceptors (Lipinski definition) is 3. The van der Waals surface area contributed by atoms with E-state index in [2.05, 4.69) is 11.1 Å². The summed E-state index contributed by atoms with van der Waals surface area (Å²) >= 11 is 0. The number of aromatic nitrogens is 1. The first-order chi connectivity index (χ1) is 13.0. The molecular weight excluding hydrogens is 340 g/mol. The first-order valence-corrected chi connectivity index (χ1v) is 9.13. The zero-order chi connectivity index (χ0) is 19.0. The first-order valence-electron chi connectivity index (χ1n) is 9.13. The highest BCUT2D eigenvalue weighted by Crippen LogP contribution is 2.23. The van der Waals surface area contributed by atoms with Gasteiger partial charge in [-0.05, 0) is 55.2 Å².